The molecule has 1 saturated heterocycles. The molecule has 2 heterocycles. The lowest BCUT2D eigenvalue weighted by Gasteiger charge is -2.19. The number of hydrogen-bond donors (Lipinski definition) is 2. The SMILES string of the molecule is O=c1c2ccccc2c(Cc2ccc(F)cc2)nn1C1CCC[NH+](CCO)CC1.[Cl-]. The number of nitrogens with zero attached hydrogens (tertiary/aromatic N) is 2. The minimum absolute atomic E-state index is 0. The van der Waals surface area contributed by atoms with E-state index in [-0.39, 0.29) is 36.4 Å². The molecule has 0 spiro atoms. The molecule has 1 fully saturated rings. The molecule has 2 unspecified atom stereocenters. The van der Waals surface area contributed by atoms with Gasteiger partial charge in [0.2, 0.25) is 0 Å². The molecule has 2 atom stereocenters. The topological polar surface area (TPSA) is 59.6 Å². The Balaban J connectivity index is 0.00000256. The fourth-order valence-corrected chi connectivity index (χ4v) is 4.33. The summed E-state index contributed by atoms with van der Waals surface area (Å²) < 4.78 is 15.0. The molecule has 4 rings (SSSR count). The Morgan fingerprint density at radius 1 is 1.07 bits per heavy atom. The first-order valence-corrected chi connectivity index (χ1v) is 10.3. The van der Waals surface area contributed by atoms with Gasteiger partial charge in [-0.05, 0) is 36.6 Å². The van der Waals surface area contributed by atoms with Gasteiger partial charge < -0.3 is 22.4 Å². The second kappa shape index (κ2) is 10.2. The Bertz CT molecular complexity index is 1040. The zero-order chi connectivity index (χ0) is 20.2. The van der Waals surface area contributed by atoms with E-state index in [1.807, 2.05) is 24.3 Å². The van der Waals surface area contributed by atoms with Crippen molar-refractivity contribution in [2.45, 2.75) is 31.7 Å². The van der Waals surface area contributed by atoms with Crippen LogP contribution >= 0.6 is 0 Å². The van der Waals surface area contributed by atoms with Gasteiger partial charge in [-0.15, -0.1) is 0 Å². The van der Waals surface area contributed by atoms with Gasteiger partial charge in [-0.1, -0.05) is 30.3 Å². The van der Waals surface area contributed by atoms with Crippen molar-refractivity contribution in [1.82, 2.24) is 9.78 Å². The largest absolute Gasteiger partial charge is 1.00 e. The number of aromatic nitrogens is 2. The van der Waals surface area contributed by atoms with Gasteiger partial charge in [-0.2, -0.15) is 5.10 Å². The molecule has 1 aromatic heterocycles. The van der Waals surface area contributed by atoms with Crippen molar-refractivity contribution in [1.29, 1.82) is 0 Å². The van der Waals surface area contributed by atoms with Gasteiger partial charge in [-0.3, -0.25) is 4.79 Å². The summed E-state index contributed by atoms with van der Waals surface area (Å²) in [6.07, 6.45) is 3.34. The maximum absolute atomic E-state index is 13.3. The average Bonchev–Trinajstić information content (AvgIpc) is 2.98. The van der Waals surface area contributed by atoms with Gasteiger partial charge in [-0.25, -0.2) is 9.07 Å². The van der Waals surface area contributed by atoms with Crippen molar-refractivity contribution >= 4 is 10.8 Å². The standard InChI is InChI=1S/C23H26FN3O2.ClH/c24-18-9-7-17(8-10-18)16-22-20-5-1-2-6-21(20)23(29)27(25-22)19-4-3-12-26(13-11-19)14-15-28;/h1-2,5-10,19,28H,3-4,11-16H2;1H. The minimum Gasteiger partial charge on any atom is -1.00 e. The predicted molar refractivity (Wildman–Crippen MR) is 111 cm³/mol. The summed E-state index contributed by atoms with van der Waals surface area (Å²) in [6, 6.07) is 14.1. The van der Waals surface area contributed by atoms with Crippen molar-refractivity contribution in [2.24, 2.45) is 0 Å². The number of likely N-dealkylation sites (tertiary alicyclic amines) is 1. The van der Waals surface area contributed by atoms with E-state index in [0.717, 1.165) is 55.5 Å². The molecule has 160 valence electrons. The maximum Gasteiger partial charge on any atom is 0.274 e. The lowest BCUT2D eigenvalue weighted by atomic mass is 10.0. The summed E-state index contributed by atoms with van der Waals surface area (Å²) in [5.74, 6) is -0.259. The lowest BCUT2D eigenvalue weighted by Crippen LogP contribution is -3.12. The van der Waals surface area contributed by atoms with Crippen LogP contribution in [0.3, 0.4) is 0 Å². The van der Waals surface area contributed by atoms with E-state index in [2.05, 4.69) is 0 Å². The fourth-order valence-electron chi connectivity index (χ4n) is 4.33. The van der Waals surface area contributed by atoms with Gasteiger partial charge in [0.15, 0.2) is 0 Å². The number of halogens is 2. The molecule has 2 aromatic carbocycles. The molecule has 0 aliphatic carbocycles. The first-order valence-electron chi connectivity index (χ1n) is 10.3. The minimum atomic E-state index is -0.259. The highest BCUT2D eigenvalue weighted by atomic mass is 35.5. The van der Waals surface area contributed by atoms with E-state index in [4.69, 9.17) is 5.10 Å². The Hall–Kier alpha value is -2.28. The second-order valence-electron chi connectivity index (χ2n) is 7.85. The molecule has 1 aliphatic heterocycles. The van der Waals surface area contributed by atoms with E-state index < -0.39 is 0 Å². The quantitative estimate of drug-likeness (QED) is 0.530. The van der Waals surface area contributed by atoms with Crippen LogP contribution in [0.15, 0.2) is 53.3 Å². The van der Waals surface area contributed by atoms with E-state index in [9.17, 15) is 14.3 Å². The average molecular weight is 432 g/mol. The lowest BCUT2D eigenvalue weighted by molar-refractivity contribution is -0.899. The van der Waals surface area contributed by atoms with Gasteiger partial charge in [0, 0.05) is 18.2 Å². The van der Waals surface area contributed by atoms with Crippen LogP contribution < -0.4 is 22.9 Å². The first kappa shape index (κ1) is 22.4. The molecular formula is C23H27ClFN3O2. The van der Waals surface area contributed by atoms with Gasteiger partial charge in [0.05, 0.1) is 36.8 Å². The molecule has 0 radical (unpaired) electrons. The number of fused-ring (bicyclic) bond motifs is 1. The molecule has 2 N–H and O–H groups in total. The number of benzene rings is 2. The van der Waals surface area contributed by atoms with Gasteiger partial charge in [0.25, 0.3) is 5.56 Å². The van der Waals surface area contributed by atoms with Crippen molar-refractivity contribution in [3.8, 4) is 0 Å². The van der Waals surface area contributed by atoms with Crippen LogP contribution in [0, 0.1) is 5.82 Å². The predicted octanol–water partition coefficient (Wildman–Crippen LogP) is -1.27. The van der Waals surface area contributed by atoms with Crippen LogP contribution in [0.25, 0.3) is 10.8 Å². The Morgan fingerprint density at radius 3 is 2.53 bits per heavy atom. The fraction of sp³-hybridized carbons (Fsp3) is 0.391. The highest BCUT2D eigenvalue weighted by molar-refractivity contribution is 5.83. The number of rotatable bonds is 5. The van der Waals surface area contributed by atoms with Crippen molar-refractivity contribution in [3.63, 3.8) is 0 Å². The molecule has 0 amide bonds. The molecule has 0 bridgehead atoms. The van der Waals surface area contributed by atoms with E-state index in [0.29, 0.717) is 11.8 Å². The summed E-state index contributed by atoms with van der Waals surface area (Å²) >= 11 is 0. The Morgan fingerprint density at radius 2 is 1.80 bits per heavy atom. The maximum atomic E-state index is 13.3. The number of aliphatic hydroxyl groups excluding tert-OH is 1. The van der Waals surface area contributed by atoms with Crippen molar-refractivity contribution < 1.29 is 26.8 Å². The first-order chi connectivity index (χ1) is 14.2. The Labute approximate surface area is 181 Å². The van der Waals surface area contributed by atoms with Crippen LogP contribution in [0.2, 0.25) is 0 Å². The summed E-state index contributed by atoms with van der Waals surface area (Å²) in [6.45, 7) is 2.89. The third-order valence-corrected chi connectivity index (χ3v) is 5.90. The van der Waals surface area contributed by atoms with Crippen LogP contribution in [0.4, 0.5) is 4.39 Å². The van der Waals surface area contributed by atoms with Gasteiger partial charge in [0.1, 0.15) is 12.4 Å². The molecular weight excluding hydrogens is 405 g/mol. The zero-order valence-electron chi connectivity index (χ0n) is 16.9. The summed E-state index contributed by atoms with van der Waals surface area (Å²) in [5.41, 5.74) is 1.77. The second-order valence-corrected chi connectivity index (χ2v) is 7.85. The van der Waals surface area contributed by atoms with Crippen LogP contribution in [-0.4, -0.2) is 41.1 Å². The highest BCUT2D eigenvalue weighted by Gasteiger charge is 2.23. The number of aliphatic hydroxyl groups is 1. The van der Waals surface area contributed by atoms with Crippen LogP contribution in [-0.2, 0) is 6.42 Å². The van der Waals surface area contributed by atoms with Crippen LogP contribution in [0.1, 0.15) is 36.6 Å². The zero-order valence-corrected chi connectivity index (χ0v) is 17.6. The van der Waals surface area contributed by atoms with Crippen molar-refractivity contribution in [3.05, 3.63) is 76.0 Å². The molecule has 0 saturated carbocycles. The normalized spacial score (nSPS) is 19.3. The molecule has 3 aromatic rings. The smallest absolute Gasteiger partial charge is 0.274 e. The van der Waals surface area contributed by atoms with Crippen LogP contribution in [0.5, 0.6) is 0 Å². The summed E-state index contributed by atoms with van der Waals surface area (Å²) in [5, 5.41) is 15.6. The van der Waals surface area contributed by atoms with E-state index >= 15 is 0 Å². The number of nitrogens with one attached hydrogen (secondary N) is 1. The van der Waals surface area contributed by atoms with E-state index in [1.165, 1.54) is 17.0 Å². The van der Waals surface area contributed by atoms with Crippen molar-refractivity contribution in [2.75, 3.05) is 26.2 Å². The number of quaternary nitrogens is 1. The third-order valence-electron chi connectivity index (χ3n) is 5.90. The monoisotopic (exact) mass is 431 g/mol. The molecule has 5 nitrogen and oxygen atoms in total. The summed E-state index contributed by atoms with van der Waals surface area (Å²) in [7, 11) is 0. The molecule has 1 aliphatic rings. The number of hydrogen-bond acceptors (Lipinski definition) is 3. The third kappa shape index (κ3) is 4.89. The highest BCUT2D eigenvalue weighted by Crippen LogP contribution is 2.21. The molecule has 30 heavy (non-hydrogen) atoms. The van der Waals surface area contributed by atoms with E-state index in [1.54, 1.807) is 16.8 Å². The summed E-state index contributed by atoms with van der Waals surface area (Å²) in [4.78, 5) is 14.6. The Kier molecular flexibility index (Phi) is 7.58. The molecule has 7 heteroatoms. The van der Waals surface area contributed by atoms with Gasteiger partial charge >= 0.3 is 0 Å².